The lowest BCUT2D eigenvalue weighted by Crippen LogP contribution is -3.00. The quantitative estimate of drug-likeness (QED) is 0.0175. The van der Waals surface area contributed by atoms with E-state index in [2.05, 4.69) is 109 Å². The molecule has 0 spiro atoms. The Morgan fingerprint density at radius 2 is 0.756 bits per heavy atom. The van der Waals surface area contributed by atoms with Crippen LogP contribution in [0.25, 0.3) is 0 Å². The molecule has 0 bridgehead atoms. The summed E-state index contributed by atoms with van der Waals surface area (Å²) in [4.78, 5) is 85.8. The Morgan fingerprint density at radius 1 is 0.488 bits per heavy atom. The second-order valence-corrected chi connectivity index (χ2v) is 43.5. The van der Waals surface area contributed by atoms with Crippen LogP contribution in [0.4, 0.5) is 0 Å². The molecule has 1 aliphatic rings. The maximum Gasteiger partial charge on any atom is 0.275 e. The second kappa shape index (κ2) is 50.0. The van der Waals surface area contributed by atoms with Gasteiger partial charge in [0.1, 0.15) is 11.8 Å². The molecule has 1 rings (SSSR count). The number of halogens is 4. The Morgan fingerprint density at radius 3 is 0.977 bits per heavy atom. The SMILES string of the molecule is C.C.C.C.C=C(C)C(=O)N1CCC1N(C)C.C=C(C)C(=O)NCCC[N+](C)(C)CC(=O)NCCC[Si](C)(C)O[Si](C)(C)CCCNC(=O)C[N+](C)(C)CCCNC(=O)C(=C)C.C[Si](C)(CCCNC(=O)CCl)O[Si](C)(C)CCCNC(=O)CCl.[Cl-].[Cl-]. The molecule has 512 valence electrons. The molecule has 0 radical (unpaired) electrons. The first kappa shape index (κ1) is 99.5. The number of quaternary nitrogens is 2. The summed E-state index contributed by atoms with van der Waals surface area (Å²) in [7, 11) is 4.81. The normalized spacial score (nSPS) is 12.8. The summed E-state index contributed by atoms with van der Waals surface area (Å²) in [6.07, 6.45) is 6.55. The van der Waals surface area contributed by atoms with E-state index in [1.54, 1.807) is 20.8 Å². The molecule has 0 aromatic carbocycles. The van der Waals surface area contributed by atoms with Crippen molar-refractivity contribution in [2.24, 2.45) is 0 Å². The van der Waals surface area contributed by atoms with Gasteiger partial charge in [0.15, 0.2) is 46.4 Å². The molecule has 0 aromatic rings. The predicted octanol–water partition coefficient (Wildman–Crippen LogP) is 2.88. The largest absolute Gasteiger partial charge is 1.00 e. The van der Waals surface area contributed by atoms with Crippen molar-refractivity contribution < 1.29 is 75.6 Å². The van der Waals surface area contributed by atoms with Gasteiger partial charge in [-0.2, -0.15) is 0 Å². The Labute approximate surface area is 552 Å². The zero-order chi connectivity index (χ0) is 62.1. The van der Waals surface area contributed by atoms with Crippen molar-refractivity contribution in [3.05, 3.63) is 36.5 Å². The van der Waals surface area contributed by atoms with E-state index < -0.39 is 33.3 Å². The van der Waals surface area contributed by atoms with Crippen LogP contribution in [-0.4, -0.2) is 226 Å². The van der Waals surface area contributed by atoms with Gasteiger partial charge in [0, 0.05) is 75.4 Å². The van der Waals surface area contributed by atoms with Crippen molar-refractivity contribution in [3.8, 4) is 0 Å². The van der Waals surface area contributed by atoms with Gasteiger partial charge in [-0.15, -0.1) is 23.2 Å². The van der Waals surface area contributed by atoms with Gasteiger partial charge in [-0.3, -0.25) is 38.5 Å². The third-order valence-electron chi connectivity index (χ3n) is 13.0. The van der Waals surface area contributed by atoms with Crippen molar-refractivity contribution in [2.75, 3.05) is 126 Å². The van der Waals surface area contributed by atoms with Gasteiger partial charge in [0.2, 0.25) is 29.5 Å². The summed E-state index contributed by atoms with van der Waals surface area (Å²) in [6, 6.07) is 3.97. The summed E-state index contributed by atoms with van der Waals surface area (Å²) >= 11 is 10.9. The summed E-state index contributed by atoms with van der Waals surface area (Å²) in [6.45, 7) is 40.9. The Kier molecular flexibility index (Phi) is 57.9. The fraction of sp³-hybridized carbons (Fsp3) is 0.780. The van der Waals surface area contributed by atoms with Crippen LogP contribution in [-0.2, 0) is 41.8 Å². The average Bonchev–Trinajstić information content (AvgIpc) is 3.30. The van der Waals surface area contributed by atoms with Crippen molar-refractivity contribution in [1.29, 1.82) is 0 Å². The van der Waals surface area contributed by atoms with Crippen LogP contribution < -0.4 is 56.7 Å². The number of likely N-dealkylation sites (tertiary alicyclic amines) is 1. The third kappa shape index (κ3) is 52.1. The molecule has 1 fully saturated rings. The number of carbonyl (C=O) groups is 7. The van der Waals surface area contributed by atoms with E-state index in [1.807, 2.05) is 47.2 Å². The number of carbonyl (C=O) groups excluding carboxylic acids is 7. The van der Waals surface area contributed by atoms with Gasteiger partial charge in [0.05, 0.1) is 47.4 Å². The zero-order valence-corrected chi connectivity index (χ0v) is 60.7. The predicted molar refractivity (Wildman–Crippen MR) is 367 cm³/mol. The molecule has 86 heavy (non-hydrogen) atoms. The Hall–Kier alpha value is -2.66. The van der Waals surface area contributed by atoms with Crippen LogP contribution in [0.3, 0.4) is 0 Å². The molecular formula is C59H128Cl4N10O9Si4. The van der Waals surface area contributed by atoms with E-state index in [4.69, 9.17) is 31.4 Å². The van der Waals surface area contributed by atoms with Crippen LogP contribution in [0.5, 0.6) is 0 Å². The summed E-state index contributed by atoms with van der Waals surface area (Å²) in [5.41, 5.74) is 1.62. The lowest BCUT2D eigenvalue weighted by atomic mass is 10.1. The van der Waals surface area contributed by atoms with Crippen LogP contribution in [0.1, 0.15) is 95.4 Å². The number of alkyl halides is 2. The minimum absolute atomic E-state index is 0. The molecule has 7 amide bonds. The fourth-order valence-corrected chi connectivity index (χ4v) is 26.8. The molecule has 6 N–H and O–H groups in total. The third-order valence-corrected chi connectivity index (χ3v) is 28.6. The summed E-state index contributed by atoms with van der Waals surface area (Å²) in [5.74, 6) is -0.323. The lowest BCUT2D eigenvalue weighted by Gasteiger charge is -2.44. The minimum atomic E-state index is -1.90. The standard InChI is InChI=1S/C32H64N6O5Si2.C14H30Cl2N2O3Si2.C9H16N2O.4CH4.2ClH/c1-27(2)31(41)35-17-13-21-37(5,6)25-29(39)33-19-15-23-44(9,10)43-45(11,12)24-16-20-34-30(40)26-38(7,8)22-14-18-36-32(42)28(3)4;1-22(2,9-5-7-17-13(19)11-15)21-23(3,4)10-6-8-18-14(20)12-16;1-7(2)9(12)11-6-5-8(11)10(3)4;;;;;;/h1,3,13-26H2,2,4-12H3,(H2-2,33,34,35,36,39,40,41,42);5-12H2,1-4H3,(H,17,19)(H,18,20);8H,1,5-6H2,2-4H3;4*1H4;2*1H. The first-order valence-corrected chi connectivity index (χ1v) is 42.0. The molecule has 27 heteroatoms. The molecule has 1 heterocycles. The molecule has 0 aliphatic carbocycles. The Balaban J connectivity index is -0.000000206. The number of likely N-dealkylation sites (N-methyl/N-ethyl adjacent to an activating group) is 2. The van der Waals surface area contributed by atoms with Gasteiger partial charge < -0.3 is 78.8 Å². The van der Waals surface area contributed by atoms with E-state index in [-0.39, 0.29) is 114 Å². The highest BCUT2D eigenvalue weighted by Crippen LogP contribution is 2.25. The highest BCUT2D eigenvalue weighted by Gasteiger charge is 2.35. The molecule has 1 saturated heterocycles. The van der Waals surface area contributed by atoms with E-state index in [1.165, 1.54) is 0 Å². The van der Waals surface area contributed by atoms with E-state index in [0.29, 0.717) is 78.0 Å². The number of nitrogens with one attached hydrogen (secondary N) is 6. The van der Waals surface area contributed by atoms with Crippen LogP contribution in [0, 0.1) is 0 Å². The van der Waals surface area contributed by atoms with E-state index in [9.17, 15) is 33.6 Å². The average molecular weight is 1380 g/mol. The van der Waals surface area contributed by atoms with Gasteiger partial charge in [-0.25, -0.2) is 0 Å². The number of amides is 7. The molecule has 0 saturated carbocycles. The topological polar surface area (TPSA) is 217 Å². The van der Waals surface area contributed by atoms with Gasteiger partial charge in [-0.1, -0.05) is 49.4 Å². The van der Waals surface area contributed by atoms with Crippen molar-refractivity contribution in [1.82, 2.24) is 41.7 Å². The Bertz CT molecular complexity index is 1890. The lowest BCUT2D eigenvalue weighted by molar-refractivity contribution is -0.882. The number of nitrogens with zero attached hydrogens (tertiary/aromatic N) is 4. The molecule has 1 unspecified atom stereocenters. The highest BCUT2D eigenvalue weighted by atomic mass is 35.5. The van der Waals surface area contributed by atoms with Crippen LogP contribution in [0.15, 0.2) is 36.5 Å². The molecule has 1 aliphatic heterocycles. The first-order valence-electron chi connectivity index (χ1n) is 28.5. The molecular weight excluding hydrogens is 1250 g/mol. The molecule has 1 atom stereocenters. The van der Waals surface area contributed by atoms with E-state index >= 15 is 0 Å². The second-order valence-electron chi connectivity index (χ2n) is 25.3. The zero-order valence-electron chi connectivity index (χ0n) is 53.6. The molecule has 19 nitrogen and oxygen atoms in total. The maximum atomic E-state index is 12.5. The molecule has 0 aromatic heterocycles. The van der Waals surface area contributed by atoms with Gasteiger partial charge in [0.25, 0.3) is 11.8 Å². The summed E-state index contributed by atoms with van der Waals surface area (Å²) < 4.78 is 14.4. The van der Waals surface area contributed by atoms with Gasteiger partial charge >= 0.3 is 0 Å². The monoisotopic (exact) mass is 1370 g/mol. The first-order chi connectivity index (χ1) is 36.7. The smallest absolute Gasteiger partial charge is 0.275 e. The number of rotatable bonds is 38. The van der Waals surface area contributed by atoms with Gasteiger partial charge in [-0.05, 0) is 144 Å². The van der Waals surface area contributed by atoms with E-state index in [0.717, 1.165) is 88.8 Å². The highest BCUT2D eigenvalue weighted by molar-refractivity contribution is 6.85. The minimum Gasteiger partial charge on any atom is -1.00 e. The van der Waals surface area contributed by atoms with Crippen LogP contribution in [0.2, 0.25) is 76.6 Å². The van der Waals surface area contributed by atoms with Crippen molar-refractivity contribution in [3.63, 3.8) is 0 Å². The summed E-state index contributed by atoms with van der Waals surface area (Å²) in [5, 5.41) is 17.4. The number of hydrogen-bond acceptors (Lipinski definition) is 10. The van der Waals surface area contributed by atoms with Crippen LogP contribution >= 0.6 is 23.2 Å². The number of hydrogen-bond donors (Lipinski definition) is 6. The van der Waals surface area contributed by atoms with Crippen molar-refractivity contribution in [2.45, 2.75) is 178 Å². The fourth-order valence-electron chi connectivity index (χ4n) is 8.92. The maximum absolute atomic E-state index is 12.5. The van der Waals surface area contributed by atoms with Crippen molar-refractivity contribution >= 4 is 97.8 Å².